The average Bonchev–Trinajstić information content (AvgIpc) is 2.39. The van der Waals surface area contributed by atoms with Crippen LogP contribution in [0.1, 0.15) is 78.1 Å². The molecule has 0 aliphatic heterocycles. The molecule has 4 heteroatoms. The highest BCUT2D eigenvalue weighted by Gasteiger charge is 2.29. The van der Waals surface area contributed by atoms with E-state index >= 15 is 0 Å². The molecule has 0 aromatic carbocycles. The van der Waals surface area contributed by atoms with Gasteiger partial charge in [-0.2, -0.15) is 0 Å². The summed E-state index contributed by atoms with van der Waals surface area (Å²) in [5.74, 6) is 0. The summed E-state index contributed by atoms with van der Waals surface area (Å²) in [6.45, 7) is 4.85. The number of hydrogen-bond donors (Lipinski definition) is 2. The van der Waals surface area contributed by atoms with Gasteiger partial charge in [-0.1, -0.05) is 58.3 Å². The van der Waals surface area contributed by atoms with Gasteiger partial charge in [0.2, 0.25) is 6.23 Å². The quantitative estimate of drug-likeness (QED) is 0.297. The third kappa shape index (κ3) is 12.4. The summed E-state index contributed by atoms with van der Waals surface area (Å²) < 4.78 is 0.495. The molecule has 3 nitrogen and oxygen atoms in total. The van der Waals surface area contributed by atoms with Crippen molar-refractivity contribution in [2.75, 3.05) is 20.6 Å². The zero-order valence-electron chi connectivity index (χ0n) is 14.7. The second-order valence-corrected chi connectivity index (χ2v) is 6.84. The van der Waals surface area contributed by atoms with E-state index in [1.54, 1.807) is 6.92 Å². The first kappa shape index (κ1) is 23.4. The van der Waals surface area contributed by atoms with Crippen LogP contribution in [0.25, 0.3) is 0 Å². The van der Waals surface area contributed by atoms with Crippen molar-refractivity contribution in [1.82, 2.24) is 0 Å². The molecule has 0 heterocycles. The summed E-state index contributed by atoms with van der Waals surface area (Å²) >= 11 is 0. The summed E-state index contributed by atoms with van der Waals surface area (Å²) in [5.41, 5.74) is 0. The van der Waals surface area contributed by atoms with Crippen molar-refractivity contribution in [2.24, 2.45) is 0 Å². The van der Waals surface area contributed by atoms with Gasteiger partial charge in [-0.15, -0.1) is 0 Å². The van der Waals surface area contributed by atoms with Crippen molar-refractivity contribution in [3.63, 3.8) is 0 Å². The third-order valence-corrected chi connectivity index (χ3v) is 4.24. The van der Waals surface area contributed by atoms with Crippen LogP contribution >= 0.6 is 0 Å². The Morgan fingerprint density at radius 1 is 0.762 bits per heavy atom. The van der Waals surface area contributed by atoms with Crippen LogP contribution in [-0.4, -0.2) is 47.7 Å². The van der Waals surface area contributed by atoms with Crippen LogP contribution < -0.4 is 12.4 Å². The normalized spacial score (nSPS) is 14.6. The summed E-state index contributed by atoms with van der Waals surface area (Å²) in [6, 6.07) is 0. The Hall–Kier alpha value is 0.170. The van der Waals surface area contributed by atoms with Crippen molar-refractivity contribution < 1.29 is 27.1 Å². The zero-order valence-corrected chi connectivity index (χ0v) is 15.4. The van der Waals surface area contributed by atoms with Gasteiger partial charge >= 0.3 is 0 Å². The molecule has 0 aromatic rings. The molecule has 2 N–H and O–H groups in total. The highest BCUT2D eigenvalue weighted by atomic mass is 35.5. The third-order valence-electron chi connectivity index (χ3n) is 4.24. The average molecular weight is 324 g/mol. The second-order valence-electron chi connectivity index (χ2n) is 6.84. The molecule has 2 unspecified atom stereocenters. The van der Waals surface area contributed by atoms with Crippen LogP contribution in [0.3, 0.4) is 0 Å². The standard InChI is InChI=1S/C17H38NO2.ClH/c1-5-6-7-8-9-10-11-12-13-14-15-18(3,4)17(20)16(2)19;/h16-17,19-20H,5-15H2,1-4H3;1H/q+1;/p-1. The van der Waals surface area contributed by atoms with Crippen LogP contribution in [-0.2, 0) is 0 Å². The number of likely N-dealkylation sites (N-methyl/N-ethyl adjacent to an activating group) is 1. The number of aliphatic hydroxyl groups is 2. The van der Waals surface area contributed by atoms with Crippen molar-refractivity contribution >= 4 is 0 Å². The van der Waals surface area contributed by atoms with Gasteiger partial charge in [-0.05, 0) is 19.8 Å². The Morgan fingerprint density at radius 3 is 1.52 bits per heavy atom. The molecule has 0 aliphatic rings. The minimum absolute atomic E-state index is 0. The fourth-order valence-corrected chi connectivity index (χ4v) is 2.72. The fourth-order valence-electron chi connectivity index (χ4n) is 2.72. The van der Waals surface area contributed by atoms with Crippen LogP contribution in [0.4, 0.5) is 0 Å². The Bertz CT molecular complexity index is 223. The molecule has 0 rings (SSSR count). The molecule has 0 saturated carbocycles. The van der Waals surface area contributed by atoms with Gasteiger partial charge in [0.1, 0.15) is 6.10 Å². The lowest BCUT2D eigenvalue weighted by Crippen LogP contribution is -3.00. The van der Waals surface area contributed by atoms with Gasteiger partial charge in [0, 0.05) is 0 Å². The minimum atomic E-state index is -0.673. The summed E-state index contributed by atoms with van der Waals surface area (Å²) in [4.78, 5) is 0. The van der Waals surface area contributed by atoms with E-state index in [0.29, 0.717) is 4.48 Å². The molecule has 0 radical (unpaired) electrons. The van der Waals surface area contributed by atoms with Gasteiger partial charge in [-0.25, -0.2) is 0 Å². The van der Waals surface area contributed by atoms with Crippen LogP contribution in [0.15, 0.2) is 0 Å². The Balaban J connectivity index is 0. The summed E-state index contributed by atoms with van der Waals surface area (Å²) in [7, 11) is 3.98. The molecule has 0 fully saturated rings. The molecule has 0 aliphatic carbocycles. The maximum Gasteiger partial charge on any atom is 0.216 e. The molecular formula is C17H38ClNO2. The van der Waals surface area contributed by atoms with E-state index in [1.165, 1.54) is 57.8 Å². The fraction of sp³-hybridized carbons (Fsp3) is 1.00. The van der Waals surface area contributed by atoms with Gasteiger partial charge in [0.25, 0.3) is 0 Å². The highest BCUT2D eigenvalue weighted by Crippen LogP contribution is 2.14. The van der Waals surface area contributed by atoms with Crippen LogP contribution in [0, 0.1) is 0 Å². The minimum Gasteiger partial charge on any atom is -1.00 e. The van der Waals surface area contributed by atoms with Gasteiger partial charge in [-0.3, -0.25) is 0 Å². The Morgan fingerprint density at radius 2 is 1.14 bits per heavy atom. The van der Waals surface area contributed by atoms with E-state index in [0.717, 1.165) is 13.0 Å². The molecule has 0 bridgehead atoms. The predicted octanol–water partition coefficient (Wildman–Crippen LogP) is 0.687. The van der Waals surface area contributed by atoms with Crippen molar-refractivity contribution in [2.45, 2.75) is 90.4 Å². The van der Waals surface area contributed by atoms with Crippen LogP contribution in [0.5, 0.6) is 0 Å². The van der Waals surface area contributed by atoms with E-state index in [4.69, 9.17) is 0 Å². The van der Waals surface area contributed by atoms with Gasteiger partial charge < -0.3 is 27.1 Å². The molecule has 2 atom stereocenters. The van der Waals surface area contributed by atoms with Crippen molar-refractivity contribution in [3.05, 3.63) is 0 Å². The number of quaternary nitrogens is 1. The van der Waals surface area contributed by atoms with Crippen molar-refractivity contribution in [3.8, 4) is 0 Å². The second kappa shape index (κ2) is 13.8. The number of unbranched alkanes of at least 4 members (excludes halogenated alkanes) is 9. The highest BCUT2D eigenvalue weighted by molar-refractivity contribution is 4.52. The first-order valence-corrected chi connectivity index (χ1v) is 8.60. The maximum atomic E-state index is 9.92. The van der Waals surface area contributed by atoms with Crippen molar-refractivity contribution in [1.29, 1.82) is 0 Å². The molecule has 21 heavy (non-hydrogen) atoms. The monoisotopic (exact) mass is 323 g/mol. The SMILES string of the molecule is CCCCCCCCCCCC[N+](C)(C)C(O)C(C)O.[Cl-]. The lowest BCUT2D eigenvalue weighted by Gasteiger charge is -2.36. The number of rotatable bonds is 13. The number of nitrogens with zero attached hydrogens (tertiary/aromatic N) is 1. The Labute approximate surface area is 138 Å². The smallest absolute Gasteiger partial charge is 0.216 e. The van der Waals surface area contributed by atoms with E-state index in [9.17, 15) is 10.2 Å². The molecule has 130 valence electrons. The van der Waals surface area contributed by atoms with E-state index in [-0.39, 0.29) is 12.4 Å². The molecule has 0 amide bonds. The first-order valence-electron chi connectivity index (χ1n) is 8.60. The van der Waals surface area contributed by atoms with Gasteiger partial charge in [0.05, 0.1) is 20.6 Å². The number of hydrogen-bond acceptors (Lipinski definition) is 2. The summed E-state index contributed by atoms with van der Waals surface area (Å²) in [6.07, 6.45) is 12.0. The largest absolute Gasteiger partial charge is 1.00 e. The lowest BCUT2D eigenvalue weighted by molar-refractivity contribution is -0.940. The molecule has 0 spiro atoms. The molecule has 0 saturated heterocycles. The van der Waals surface area contributed by atoms with Crippen LogP contribution in [0.2, 0.25) is 0 Å². The topological polar surface area (TPSA) is 40.5 Å². The Kier molecular flexibility index (Phi) is 15.4. The number of aliphatic hydroxyl groups excluding tert-OH is 2. The van der Waals surface area contributed by atoms with E-state index < -0.39 is 12.3 Å². The lowest BCUT2D eigenvalue weighted by atomic mass is 10.1. The number of halogens is 1. The maximum absolute atomic E-state index is 9.92. The van der Waals surface area contributed by atoms with E-state index in [1.807, 2.05) is 14.1 Å². The zero-order chi connectivity index (χ0) is 15.4. The summed E-state index contributed by atoms with van der Waals surface area (Å²) in [5, 5.41) is 19.4. The molecular weight excluding hydrogens is 286 g/mol. The predicted molar refractivity (Wildman–Crippen MR) is 86.5 cm³/mol. The van der Waals surface area contributed by atoms with Gasteiger partial charge in [0.15, 0.2) is 0 Å². The van der Waals surface area contributed by atoms with E-state index in [2.05, 4.69) is 6.92 Å². The first-order chi connectivity index (χ1) is 9.41. The molecule has 0 aromatic heterocycles.